The lowest BCUT2D eigenvalue weighted by Crippen LogP contribution is -2.41. The quantitative estimate of drug-likeness (QED) is 0.609. The Morgan fingerprint density at radius 3 is 2.67 bits per heavy atom. The first-order valence-corrected chi connectivity index (χ1v) is 9.64. The van der Waals surface area contributed by atoms with Gasteiger partial charge in [-0.05, 0) is 41.0 Å². The molecule has 0 saturated heterocycles. The van der Waals surface area contributed by atoms with Gasteiger partial charge in [0.1, 0.15) is 11.6 Å². The highest BCUT2D eigenvalue weighted by atomic mass is 19.1. The van der Waals surface area contributed by atoms with Crippen molar-refractivity contribution < 1.29 is 13.6 Å². The van der Waals surface area contributed by atoms with Crippen molar-refractivity contribution in [1.29, 1.82) is 0 Å². The molecule has 0 aliphatic carbocycles. The van der Waals surface area contributed by atoms with Gasteiger partial charge in [-0.25, -0.2) is 13.6 Å². The first kappa shape index (κ1) is 19.8. The van der Waals surface area contributed by atoms with Gasteiger partial charge in [-0.1, -0.05) is 42.5 Å². The number of benzene rings is 2. The van der Waals surface area contributed by atoms with E-state index in [2.05, 4.69) is 4.98 Å². The zero-order chi connectivity index (χ0) is 21.1. The number of pyridine rings is 1. The van der Waals surface area contributed by atoms with Crippen molar-refractivity contribution in [1.82, 2.24) is 14.8 Å². The van der Waals surface area contributed by atoms with E-state index < -0.39 is 11.6 Å². The van der Waals surface area contributed by atoms with Crippen LogP contribution in [0.15, 0.2) is 79.1 Å². The molecule has 2 aromatic carbocycles. The van der Waals surface area contributed by atoms with Gasteiger partial charge in [0.05, 0.1) is 6.04 Å². The average Bonchev–Trinajstić information content (AvgIpc) is 3.21. The molecule has 30 heavy (non-hydrogen) atoms. The maximum atomic E-state index is 14.4. The summed E-state index contributed by atoms with van der Waals surface area (Å²) in [7, 11) is 1.72. The first-order valence-electron chi connectivity index (χ1n) is 9.64. The van der Waals surface area contributed by atoms with Crippen molar-refractivity contribution in [3.8, 4) is 0 Å². The second-order valence-corrected chi connectivity index (χ2v) is 7.30. The van der Waals surface area contributed by atoms with Gasteiger partial charge >= 0.3 is 6.03 Å². The Morgan fingerprint density at radius 1 is 1.13 bits per heavy atom. The van der Waals surface area contributed by atoms with Crippen molar-refractivity contribution in [2.45, 2.75) is 12.6 Å². The van der Waals surface area contributed by atoms with Gasteiger partial charge in [0.2, 0.25) is 0 Å². The second-order valence-electron chi connectivity index (χ2n) is 7.30. The molecular formula is C24H21F2N3O. The summed E-state index contributed by atoms with van der Waals surface area (Å²) in [6, 6.07) is 16.1. The number of halogens is 2. The normalized spacial score (nSPS) is 15.8. The van der Waals surface area contributed by atoms with Crippen molar-refractivity contribution in [3.63, 3.8) is 0 Å². The molecule has 0 radical (unpaired) electrons. The van der Waals surface area contributed by atoms with Crippen LogP contribution in [0.25, 0.3) is 5.57 Å². The number of amides is 2. The zero-order valence-corrected chi connectivity index (χ0v) is 16.5. The molecule has 2 heterocycles. The molecule has 1 aliphatic rings. The Morgan fingerprint density at radius 2 is 1.93 bits per heavy atom. The smallest absolute Gasteiger partial charge is 0.321 e. The van der Waals surface area contributed by atoms with E-state index in [0.717, 1.165) is 23.3 Å². The van der Waals surface area contributed by atoms with Gasteiger partial charge in [-0.3, -0.25) is 4.98 Å². The summed E-state index contributed by atoms with van der Waals surface area (Å²) in [4.78, 5) is 20.7. The Bertz CT molecular complexity index is 1070. The zero-order valence-electron chi connectivity index (χ0n) is 16.5. The molecule has 0 fully saturated rings. The van der Waals surface area contributed by atoms with E-state index in [1.165, 1.54) is 6.07 Å². The van der Waals surface area contributed by atoms with Crippen LogP contribution in [0.5, 0.6) is 0 Å². The van der Waals surface area contributed by atoms with Crippen LogP contribution in [0, 0.1) is 11.6 Å². The minimum Gasteiger partial charge on any atom is -0.323 e. The van der Waals surface area contributed by atoms with Gasteiger partial charge < -0.3 is 9.80 Å². The lowest BCUT2D eigenvalue weighted by molar-refractivity contribution is 0.160. The minimum absolute atomic E-state index is 0.182. The molecule has 152 valence electrons. The molecule has 4 nitrogen and oxygen atoms in total. The van der Waals surface area contributed by atoms with Gasteiger partial charge in [0.15, 0.2) is 0 Å². The maximum absolute atomic E-state index is 14.4. The van der Waals surface area contributed by atoms with E-state index in [0.29, 0.717) is 12.1 Å². The van der Waals surface area contributed by atoms with Crippen LogP contribution in [-0.2, 0) is 6.54 Å². The highest BCUT2D eigenvalue weighted by Gasteiger charge is 2.33. The molecule has 1 aliphatic heterocycles. The summed E-state index contributed by atoms with van der Waals surface area (Å²) in [6.45, 7) is 0.588. The molecule has 0 bridgehead atoms. The van der Waals surface area contributed by atoms with E-state index in [-0.39, 0.29) is 24.2 Å². The van der Waals surface area contributed by atoms with Gasteiger partial charge in [0, 0.05) is 38.1 Å². The highest BCUT2D eigenvalue weighted by molar-refractivity contribution is 5.82. The fourth-order valence-corrected chi connectivity index (χ4v) is 3.70. The van der Waals surface area contributed by atoms with Crippen LogP contribution in [-0.4, -0.2) is 34.4 Å². The van der Waals surface area contributed by atoms with Crippen LogP contribution in [0.3, 0.4) is 0 Å². The molecule has 1 unspecified atom stereocenters. The third kappa shape index (κ3) is 4.08. The monoisotopic (exact) mass is 405 g/mol. The minimum atomic E-state index is -0.512. The van der Waals surface area contributed by atoms with Crippen LogP contribution in [0.2, 0.25) is 0 Å². The van der Waals surface area contributed by atoms with Gasteiger partial charge in [-0.15, -0.1) is 0 Å². The lowest BCUT2D eigenvalue weighted by atomic mass is 10.0. The van der Waals surface area contributed by atoms with Crippen LogP contribution in [0.1, 0.15) is 22.7 Å². The SMILES string of the molecule is CN(Cc1cccnc1)C(=O)N1CC(c2cc(F)ccc2F)=CC1c1ccccc1. The standard InChI is InChI=1S/C24H21F2N3O/c1-28(15-17-6-5-11-27-14-17)24(30)29-16-19(21-13-20(25)9-10-22(21)26)12-23(29)18-7-3-2-4-8-18/h2-14,23H,15-16H2,1H3. The summed E-state index contributed by atoms with van der Waals surface area (Å²) in [5.74, 6) is -1.02. The lowest BCUT2D eigenvalue weighted by Gasteiger charge is -2.30. The number of carbonyl (C=O) groups is 1. The fraction of sp³-hybridized carbons (Fsp3) is 0.167. The van der Waals surface area contributed by atoms with Crippen LogP contribution < -0.4 is 0 Å². The number of aromatic nitrogens is 1. The average molecular weight is 405 g/mol. The van der Waals surface area contributed by atoms with E-state index in [1.807, 2.05) is 48.5 Å². The summed E-state index contributed by atoms with van der Waals surface area (Å²) in [5.41, 5.74) is 2.59. The summed E-state index contributed by atoms with van der Waals surface area (Å²) in [6.07, 6.45) is 5.23. The number of rotatable bonds is 4. The molecule has 6 heteroatoms. The number of carbonyl (C=O) groups excluding carboxylic acids is 1. The van der Waals surface area contributed by atoms with Crippen molar-refractivity contribution >= 4 is 11.6 Å². The van der Waals surface area contributed by atoms with Crippen molar-refractivity contribution in [2.75, 3.05) is 13.6 Å². The third-order valence-corrected chi connectivity index (χ3v) is 5.17. The molecule has 3 aromatic rings. The summed E-state index contributed by atoms with van der Waals surface area (Å²) < 4.78 is 28.2. The topological polar surface area (TPSA) is 36.4 Å². The third-order valence-electron chi connectivity index (χ3n) is 5.17. The Labute approximate surface area is 174 Å². The van der Waals surface area contributed by atoms with E-state index in [4.69, 9.17) is 0 Å². The molecule has 0 N–H and O–H groups in total. The van der Waals surface area contributed by atoms with Crippen molar-refractivity contribution in [3.05, 3.63) is 107 Å². The number of hydrogen-bond acceptors (Lipinski definition) is 2. The molecule has 0 spiro atoms. The van der Waals surface area contributed by atoms with E-state index in [1.54, 1.807) is 29.2 Å². The number of hydrogen-bond donors (Lipinski definition) is 0. The Balaban J connectivity index is 1.64. The molecule has 4 rings (SSSR count). The molecule has 1 atom stereocenters. The fourth-order valence-electron chi connectivity index (χ4n) is 3.70. The summed E-state index contributed by atoms with van der Waals surface area (Å²) in [5, 5.41) is 0. The predicted molar refractivity (Wildman–Crippen MR) is 111 cm³/mol. The van der Waals surface area contributed by atoms with E-state index >= 15 is 0 Å². The largest absolute Gasteiger partial charge is 0.323 e. The van der Waals surface area contributed by atoms with Crippen molar-refractivity contribution in [2.24, 2.45) is 0 Å². The number of nitrogens with zero attached hydrogens (tertiary/aromatic N) is 3. The molecular weight excluding hydrogens is 384 g/mol. The Kier molecular flexibility index (Phi) is 5.57. The first-order chi connectivity index (χ1) is 14.5. The van der Waals surface area contributed by atoms with E-state index in [9.17, 15) is 13.6 Å². The van der Waals surface area contributed by atoms with Crippen LogP contribution in [0.4, 0.5) is 13.6 Å². The van der Waals surface area contributed by atoms with Crippen LogP contribution >= 0.6 is 0 Å². The maximum Gasteiger partial charge on any atom is 0.321 e. The summed E-state index contributed by atoms with van der Waals surface area (Å²) >= 11 is 0. The predicted octanol–water partition coefficient (Wildman–Crippen LogP) is 5.05. The Hall–Kier alpha value is -3.54. The second kappa shape index (κ2) is 8.45. The molecule has 0 saturated carbocycles. The molecule has 1 aromatic heterocycles. The molecule has 2 amide bonds. The van der Waals surface area contributed by atoms with Gasteiger partial charge in [0.25, 0.3) is 0 Å². The van der Waals surface area contributed by atoms with Gasteiger partial charge in [-0.2, -0.15) is 0 Å². The number of urea groups is 1. The highest BCUT2D eigenvalue weighted by Crippen LogP contribution is 2.36.